The fraction of sp³-hybridized carbons (Fsp3) is 0.600. The first-order valence-electron chi connectivity index (χ1n) is 10.1. The van der Waals surface area contributed by atoms with Crippen LogP contribution < -0.4 is 14.8 Å². The molecule has 0 aromatic heterocycles. The minimum absolute atomic E-state index is 0.0158. The van der Waals surface area contributed by atoms with Crippen molar-refractivity contribution in [3.05, 3.63) is 29.6 Å². The van der Waals surface area contributed by atoms with E-state index in [0.29, 0.717) is 26.0 Å². The molecule has 1 aromatic carbocycles. The van der Waals surface area contributed by atoms with Gasteiger partial charge in [0.05, 0.1) is 12.4 Å². The van der Waals surface area contributed by atoms with Gasteiger partial charge < -0.3 is 9.64 Å². The second-order valence-electron chi connectivity index (χ2n) is 7.95. The first kappa shape index (κ1) is 24.1. The molecule has 168 valence electrons. The van der Waals surface area contributed by atoms with Gasteiger partial charge in [0.1, 0.15) is 6.54 Å². The number of rotatable bonds is 12. The number of hydrogen-bond donors (Lipinski definition) is 2. The van der Waals surface area contributed by atoms with Gasteiger partial charge in [0.25, 0.3) is 0 Å². The van der Waals surface area contributed by atoms with Crippen molar-refractivity contribution in [1.29, 1.82) is 0 Å². The number of hydrogen-bond acceptors (Lipinski definition) is 5. The van der Waals surface area contributed by atoms with Crippen LogP contribution in [0.4, 0.5) is 9.18 Å². The Bertz CT molecular complexity index is 860. The lowest BCUT2D eigenvalue weighted by molar-refractivity contribution is -0.118. The van der Waals surface area contributed by atoms with Gasteiger partial charge in [-0.15, -0.1) is 0 Å². The van der Waals surface area contributed by atoms with E-state index in [1.54, 1.807) is 12.1 Å². The Labute approximate surface area is 177 Å². The zero-order chi connectivity index (χ0) is 22.3. The molecule has 0 spiro atoms. The van der Waals surface area contributed by atoms with Gasteiger partial charge in [0, 0.05) is 13.1 Å². The second kappa shape index (κ2) is 10.7. The summed E-state index contributed by atoms with van der Waals surface area (Å²) in [5.41, 5.74) is 0.780. The van der Waals surface area contributed by atoms with Crippen LogP contribution in [0.25, 0.3) is 0 Å². The molecular weight excluding hydrogens is 413 g/mol. The number of unbranched alkanes of at least 4 members (excludes halogenated alkanes) is 1. The number of benzene rings is 1. The summed E-state index contributed by atoms with van der Waals surface area (Å²) in [4.78, 5) is 23.9. The fourth-order valence-electron chi connectivity index (χ4n) is 2.89. The number of ether oxygens (including phenoxy) is 1. The summed E-state index contributed by atoms with van der Waals surface area (Å²) >= 11 is 0. The predicted octanol–water partition coefficient (Wildman–Crippen LogP) is 2.22. The Morgan fingerprint density at radius 2 is 1.97 bits per heavy atom. The van der Waals surface area contributed by atoms with Crippen LogP contribution in [0.1, 0.15) is 45.1 Å². The molecule has 1 fully saturated rings. The van der Waals surface area contributed by atoms with E-state index < -0.39 is 21.9 Å². The highest BCUT2D eigenvalue weighted by Crippen LogP contribution is 2.24. The molecule has 8 nitrogen and oxygen atoms in total. The van der Waals surface area contributed by atoms with E-state index >= 15 is 0 Å². The summed E-state index contributed by atoms with van der Waals surface area (Å²) in [7, 11) is -3.49. The summed E-state index contributed by atoms with van der Waals surface area (Å²) in [6, 6.07) is 4.12. The van der Waals surface area contributed by atoms with Gasteiger partial charge in [0.15, 0.2) is 11.6 Å². The molecule has 2 N–H and O–H groups in total. The van der Waals surface area contributed by atoms with Crippen molar-refractivity contribution in [2.24, 2.45) is 5.92 Å². The number of urea groups is 1. The van der Waals surface area contributed by atoms with Gasteiger partial charge in [-0.2, -0.15) is 0 Å². The average Bonchev–Trinajstić information content (AvgIpc) is 2.99. The van der Waals surface area contributed by atoms with Crippen molar-refractivity contribution in [2.45, 2.75) is 39.5 Å². The summed E-state index contributed by atoms with van der Waals surface area (Å²) in [5.74, 6) is -0.601. The number of sulfonamides is 1. The van der Waals surface area contributed by atoms with Crippen molar-refractivity contribution in [2.75, 3.05) is 32.0 Å². The van der Waals surface area contributed by atoms with E-state index in [2.05, 4.69) is 10.0 Å². The van der Waals surface area contributed by atoms with Gasteiger partial charge in [-0.05, 0) is 42.4 Å². The number of amides is 3. The number of imide groups is 1. The molecule has 0 bridgehead atoms. The van der Waals surface area contributed by atoms with Gasteiger partial charge >= 0.3 is 6.03 Å². The molecule has 0 saturated carbocycles. The standard InChI is InChI=1S/C20H30FN3O5S/c1-14(2)13-29-18-10-16(6-7-17(18)21)15(3)11-22-30(27,28)9-5-4-8-24-12-19(25)23-20(24)26/h6-7,10,14-15,22H,4-5,8-9,11-13H2,1-3H3,(H,23,25,26)/t15-/m0/s1. The predicted molar refractivity (Wildman–Crippen MR) is 111 cm³/mol. The van der Waals surface area contributed by atoms with Gasteiger partial charge in [-0.25, -0.2) is 22.3 Å². The quantitative estimate of drug-likeness (QED) is 0.381. The maximum absolute atomic E-state index is 13.9. The van der Waals surface area contributed by atoms with Crippen molar-refractivity contribution in [1.82, 2.24) is 14.9 Å². The van der Waals surface area contributed by atoms with E-state index in [4.69, 9.17) is 4.74 Å². The van der Waals surface area contributed by atoms with Gasteiger partial charge in [-0.1, -0.05) is 26.8 Å². The lowest BCUT2D eigenvalue weighted by Gasteiger charge is -2.16. The first-order valence-corrected chi connectivity index (χ1v) is 11.7. The van der Waals surface area contributed by atoms with Crippen molar-refractivity contribution in [3.8, 4) is 5.75 Å². The Morgan fingerprint density at radius 3 is 2.60 bits per heavy atom. The van der Waals surface area contributed by atoms with E-state index in [-0.39, 0.29) is 42.3 Å². The van der Waals surface area contributed by atoms with Crippen LogP contribution in [0.5, 0.6) is 5.75 Å². The Balaban J connectivity index is 1.78. The third-order valence-corrected chi connectivity index (χ3v) is 6.10. The number of carbonyl (C=O) groups excluding carboxylic acids is 2. The number of nitrogens with zero attached hydrogens (tertiary/aromatic N) is 1. The highest BCUT2D eigenvalue weighted by atomic mass is 32.2. The Hall–Kier alpha value is -2.20. The molecule has 3 amide bonds. The molecule has 30 heavy (non-hydrogen) atoms. The first-order chi connectivity index (χ1) is 14.1. The monoisotopic (exact) mass is 443 g/mol. The van der Waals surface area contributed by atoms with E-state index in [1.165, 1.54) is 11.0 Å². The molecule has 1 heterocycles. The van der Waals surface area contributed by atoms with Crippen molar-refractivity contribution >= 4 is 22.0 Å². The lowest BCUT2D eigenvalue weighted by Crippen LogP contribution is -2.31. The number of halogens is 1. The molecule has 0 radical (unpaired) electrons. The number of carbonyl (C=O) groups is 2. The zero-order valence-corrected chi connectivity index (χ0v) is 18.4. The van der Waals surface area contributed by atoms with Crippen LogP contribution in [0, 0.1) is 11.7 Å². The maximum atomic E-state index is 13.9. The summed E-state index contributed by atoms with van der Waals surface area (Å²) < 4.78 is 46.4. The van der Waals surface area contributed by atoms with E-state index in [0.717, 1.165) is 5.56 Å². The van der Waals surface area contributed by atoms with E-state index in [1.807, 2.05) is 20.8 Å². The smallest absolute Gasteiger partial charge is 0.324 e. The molecule has 1 aliphatic rings. The van der Waals surface area contributed by atoms with Crippen molar-refractivity contribution in [3.63, 3.8) is 0 Å². The molecule has 10 heteroatoms. The van der Waals surface area contributed by atoms with Gasteiger partial charge in [-0.3, -0.25) is 10.1 Å². The molecule has 1 atom stereocenters. The zero-order valence-electron chi connectivity index (χ0n) is 17.6. The lowest BCUT2D eigenvalue weighted by atomic mass is 10.0. The summed E-state index contributed by atoms with van der Waals surface area (Å²) in [6.07, 6.45) is 0.844. The molecule has 0 unspecified atom stereocenters. The largest absolute Gasteiger partial charge is 0.490 e. The third-order valence-electron chi connectivity index (χ3n) is 4.67. The maximum Gasteiger partial charge on any atom is 0.324 e. The van der Waals surface area contributed by atoms with Crippen LogP contribution in [0.2, 0.25) is 0 Å². The molecular formula is C20H30FN3O5S. The van der Waals surface area contributed by atoms with Crippen LogP contribution >= 0.6 is 0 Å². The normalized spacial score (nSPS) is 15.6. The minimum atomic E-state index is -3.49. The van der Waals surface area contributed by atoms with E-state index in [9.17, 15) is 22.4 Å². The SMILES string of the molecule is CC(C)COc1cc([C@@H](C)CNS(=O)(=O)CCCCN2CC(=O)NC2=O)ccc1F. The molecule has 1 saturated heterocycles. The summed E-state index contributed by atoms with van der Waals surface area (Å²) in [5, 5.41) is 2.18. The third kappa shape index (κ3) is 7.56. The Kier molecular flexibility index (Phi) is 8.60. The average molecular weight is 444 g/mol. The molecule has 1 aromatic rings. The highest BCUT2D eigenvalue weighted by molar-refractivity contribution is 7.89. The second-order valence-corrected chi connectivity index (χ2v) is 9.87. The fourth-order valence-corrected chi connectivity index (χ4v) is 4.13. The molecule has 0 aliphatic carbocycles. The Morgan fingerprint density at radius 1 is 1.23 bits per heavy atom. The van der Waals surface area contributed by atoms with Crippen LogP contribution in [0.15, 0.2) is 18.2 Å². The number of nitrogens with one attached hydrogen (secondary N) is 2. The minimum Gasteiger partial charge on any atom is -0.490 e. The van der Waals surface area contributed by atoms with Crippen molar-refractivity contribution < 1.29 is 27.1 Å². The van der Waals surface area contributed by atoms with Crippen LogP contribution in [-0.2, 0) is 14.8 Å². The highest BCUT2D eigenvalue weighted by Gasteiger charge is 2.26. The molecule has 2 rings (SSSR count). The summed E-state index contributed by atoms with van der Waals surface area (Å²) in [6.45, 7) is 6.72. The van der Waals surface area contributed by atoms with Crippen LogP contribution in [-0.4, -0.2) is 57.3 Å². The molecule has 1 aliphatic heterocycles. The van der Waals surface area contributed by atoms with Crippen LogP contribution in [0.3, 0.4) is 0 Å². The topological polar surface area (TPSA) is 105 Å². The van der Waals surface area contributed by atoms with Gasteiger partial charge in [0.2, 0.25) is 15.9 Å².